The van der Waals surface area contributed by atoms with E-state index in [4.69, 9.17) is 0 Å². The minimum Gasteiger partial charge on any atom is -0.321 e. The van der Waals surface area contributed by atoms with Crippen LogP contribution in [-0.4, -0.2) is 22.9 Å². The van der Waals surface area contributed by atoms with E-state index < -0.39 is 0 Å². The summed E-state index contributed by atoms with van der Waals surface area (Å²) >= 11 is 4.91. The number of nitrogens with zero attached hydrogens (tertiary/aromatic N) is 1. The molecule has 3 nitrogen and oxygen atoms in total. The van der Waals surface area contributed by atoms with Crippen molar-refractivity contribution in [2.75, 3.05) is 17.3 Å². The van der Waals surface area contributed by atoms with Gasteiger partial charge in [-0.1, -0.05) is 12.1 Å². The molecule has 3 aromatic rings. The second-order valence-electron chi connectivity index (χ2n) is 5.34. The molecule has 0 spiro atoms. The maximum Gasteiger partial charge on any atom is 0.267 e. The molecular formula is C18H18N2OS3. The number of amides is 1. The van der Waals surface area contributed by atoms with E-state index in [1.807, 2.05) is 47.6 Å². The number of aromatic nitrogens is 1. The Labute approximate surface area is 154 Å². The summed E-state index contributed by atoms with van der Waals surface area (Å²) in [6.07, 6.45) is 3.16. The number of carbonyl (C=O) groups is 1. The predicted octanol–water partition coefficient (Wildman–Crippen LogP) is 5.34. The summed E-state index contributed by atoms with van der Waals surface area (Å²) in [4.78, 5) is 17.7. The van der Waals surface area contributed by atoms with E-state index in [0.717, 1.165) is 34.1 Å². The molecule has 24 heavy (non-hydrogen) atoms. The molecule has 1 amide bonds. The van der Waals surface area contributed by atoms with Gasteiger partial charge in [-0.2, -0.15) is 23.1 Å². The minimum absolute atomic E-state index is 0.0941. The summed E-state index contributed by atoms with van der Waals surface area (Å²) in [6.45, 7) is 1.88. The highest BCUT2D eigenvalue weighted by molar-refractivity contribution is 7.98. The molecule has 1 N–H and O–H groups in total. The van der Waals surface area contributed by atoms with Crippen molar-refractivity contribution in [2.24, 2.45) is 0 Å². The molecule has 2 heterocycles. The number of thioether (sulfide) groups is 1. The summed E-state index contributed by atoms with van der Waals surface area (Å²) in [5.74, 6) is 1.01. The van der Waals surface area contributed by atoms with Crippen molar-refractivity contribution in [1.29, 1.82) is 0 Å². The van der Waals surface area contributed by atoms with Crippen molar-refractivity contribution in [1.82, 2.24) is 4.98 Å². The molecule has 0 aliphatic heterocycles. The lowest BCUT2D eigenvalue weighted by molar-refractivity contribution is 0.103. The molecule has 1 aromatic carbocycles. The number of benzene rings is 1. The number of hydrogen-bond donors (Lipinski definition) is 1. The lowest BCUT2D eigenvalue weighted by Gasteiger charge is -2.05. The van der Waals surface area contributed by atoms with Gasteiger partial charge in [0, 0.05) is 16.6 Å². The number of hydrogen-bond acceptors (Lipinski definition) is 5. The molecule has 0 saturated heterocycles. The van der Waals surface area contributed by atoms with Crippen molar-refractivity contribution in [3.8, 4) is 10.6 Å². The maximum absolute atomic E-state index is 12.5. The van der Waals surface area contributed by atoms with Gasteiger partial charge in [-0.15, -0.1) is 11.3 Å². The molecule has 3 rings (SSSR count). The van der Waals surface area contributed by atoms with E-state index in [2.05, 4.69) is 28.7 Å². The van der Waals surface area contributed by atoms with E-state index in [-0.39, 0.29) is 5.91 Å². The van der Waals surface area contributed by atoms with Gasteiger partial charge in [-0.25, -0.2) is 4.98 Å². The normalized spacial score (nSPS) is 10.8. The first-order chi connectivity index (χ1) is 11.7. The van der Waals surface area contributed by atoms with Crippen LogP contribution in [0.25, 0.3) is 10.6 Å². The molecule has 0 aliphatic carbocycles. The first-order valence-corrected chi connectivity index (χ1v) is 10.7. The highest BCUT2D eigenvalue weighted by Gasteiger charge is 2.16. The largest absolute Gasteiger partial charge is 0.321 e. The summed E-state index contributed by atoms with van der Waals surface area (Å²) < 4.78 is 0. The Balaban J connectivity index is 1.71. The van der Waals surface area contributed by atoms with Crippen molar-refractivity contribution in [3.63, 3.8) is 0 Å². The summed E-state index contributed by atoms with van der Waals surface area (Å²) in [6, 6.07) is 10.1. The molecule has 0 bridgehead atoms. The SMILES string of the molecule is CSCCc1ccc(NC(=O)c2sc(-c3ccsc3)nc2C)cc1. The van der Waals surface area contributed by atoms with Crippen LogP contribution in [0.1, 0.15) is 20.9 Å². The Morgan fingerprint density at radius 1 is 1.25 bits per heavy atom. The number of aryl methyl sites for hydroxylation is 2. The minimum atomic E-state index is -0.0941. The van der Waals surface area contributed by atoms with Gasteiger partial charge in [0.1, 0.15) is 9.88 Å². The maximum atomic E-state index is 12.5. The van der Waals surface area contributed by atoms with Crippen LogP contribution in [0.2, 0.25) is 0 Å². The average molecular weight is 375 g/mol. The molecule has 2 aromatic heterocycles. The van der Waals surface area contributed by atoms with E-state index in [1.165, 1.54) is 16.9 Å². The van der Waals surface area contributed by atoms with Gasteiger partial charge in [-0.3, -0.25) is 4.79 Å². The fourth-order valence-corrected chi connectivity index (χ4v) is 4.39. The molecule has 0 radical (unpaired) electrons. The molecule has 0 saturated carbocycles. The zero-order chi connectivity index (χ0) is 16.9. The van der Waals surface area contributed by atoms with Crippen LogP contribution in [0.3, 0.4) is 0 Å². The van der Waals surface area contributed by atoms with Gasteiger partial charge >= 0.3 is 0 Å². The molecule has 0 aliphatic rings. The van der Waals surface area contributed by atoms with Crippen LogP contribution in [0, 0.1) is 6.92 Å². The highest BCUT2D eigenvalue weighted by atomic mass is 32.2. The van der Waals surface area contributed by atoms with E-state index in [0.29, 0.717) is 4.88 Å². The molecular weight excluding hydrogens is 356 g/mol. The lowest BCUT2D eigenvalue weighted by atomic mass is 10.1. The van der Waals surface area contributed by atoms with Gasteiger partial charge in [0.25, 0.3) is 5.91 Å². The zero-order valence-electron chi connectivity index (χ0n) is 13.5. The summed E-state index contributed by atoms with van der Waals surface area (Å²) in [5, 5.41) is 7.93. The topological polar surface area (TPSA) is 42.0 Å². The van der Waals surface area contributed by atoms with Gasteiger partial charge in [0.05, 0.1) is 5.69 Å². The number of carbonyl (C=O) groups excluding carboxylic acids is 1. The summed E-state index contributed by atoms with van der Waals surface area (Å²) in [7, 11) is 0. The zero-order valence-corrected chi connectivity index (χ0v) is 16.0. The second kappa shape index (κ2) is 7.96. The van der Waals surface area contributed by atoms with Crippen molar-refractivity contribution < 1.29 is 4.79 Å². The van der Waals surface area contributed by atoms with Crippen molar-refractivity contribution in [2.45, 2.75) is 13.3 Å². The lowest BCUT2D eigenvalue weighted by Crippen LogP contribution is -2.11. The Bertz CT molecular complexity index is 807. The van der Waals surface area contributed by atoms with Crippen LogP contribution in [0.4, 0.5) is 5.69 Å². The second-order valence-corrected chi connectivity index (χ2v) is 8.10. The fourth-order valence-electron chi connectivity index (χ4n) is 2.28. The average Bonchev–Trinajstić information content (AvgIpc) is 3.23. The molecule has 124 valence electrons. The number of rotatable bonds is 6. The third kappa shape index (κ3) is 4.06. The highest BCUT2D eigenvalue weighted by Crippen LogP contribution is 2.29. The quantitative estimate of drug-likeness (QED) is 0.633. The standard InChI is InChI=1S/C18H18N2OS3/c1-12-16(24-18(19-12)14-8-10-23-11-14)17(21)20-15-5-3-13(4-6-15)7-9-22-2/h3-6,8,10-11H,7,9H2,1-2H3,(H,20,21). The van der Waals surface area contributed by atoms with E-state index in [1.54, 1.807) is 11.3 Å². The van der Waals surface area contributed by atoms with E-state index in [9.17, 15) is 4.79 Å². The molecule has 0 unspecified atom stereocenters. The third-order valence-electron chi connectivity index (χ3n) is 3.58. The van der Waals surface area contributed by atoms with Crippen LogP contribution in [0.5, 0.6) is 0 Å². The fraction of sp³-hybridized carbons (Fsp3) is 0.222. The van der Waals surface area contributed by atoms with Crippen molar-refractivity contribution in [3.05, 3.63) is 57.2 Å². The predicted molar refractivity (Wildman–Crippen MR) is 107 cm³/mol. The van der Waals surface area contributed by atoms with Gasteiger partial charge in [0.2, 0.25) is 0 Å². The molecule has 0 atom stereocenters. The number of thiophene rings is 1. The Morgan fingerprint density at radius 2 is 2.04 bits per heavy atom. The van der Waals surface area contributed by atoms with Crippen LogP contribution in [0.15, 0.2) is 41.1 Å². The number of thiazole rings is 1. The first-order valence-electron chi connectivity index (χ1n) is 7.56. The van der Waals surface area contributed by atoms with Crippen molar-refractivity contribution >= 4 is 46.0 Å². The van der Waals surface area contributed by atoms with Crippen LogP contribution >= 0.6 is 34.4 Å². The Hall–Kier alpha value is -1.63. The molecule has 0 fully saturated rings. The third-order valence-corrected chi connectivity index (χ3v) is 6.08. The number of anilines is 1. The van der Waals surface area contributed by atoms with Crippen LogP contribution in [-0.2, 0) is 6.42 Å². The van der Waals surface area contributed by atoms with Gasteiger partial charge < -0.3 is 5.32 Å². The first kappa shape index (κ1) is 17.2. The smallest absolute Gasteiger partial charge is 0.267 e. The monoisotopic (exact) mass is 374 g/mol. The summed E-state index contributed by atoms with van der Waals surface area (Å²) in [5.41, 5.74) is 3.95. The van der Waals surface area contributed by atoms with E-state index >= 15 is 0 Å². The number of nitrogens with one attached hydrogen (secondary N) is 1. The molecule has 6 heteroatoms. The van der Waals surface area contributed by atoms with Gasteiger partial charge in [-0.05, 0) is 54.5 Å². The Morgan fingerprint density at radius 3 is 2.71 bits per heavy atom. The Kier molecular flexibility index (Phi) is 5.71. The van der Waals surface area contributed by atoms with Crippen LogP contribution < -0.4 is 5.32 Å². The van der Waals surface area contributed by atoms with Gasteiger partial charge in [0.15, 0.2) is 0 Å².